The standard InChI is InChI=1S/C22H22ClN3O2S/c23-17-5-3-4-15(12-17)13-20-22(28)25-18-14-16(6-7-19(18)29-20)21(27)24-8-11-26-9-1-2-10-26/h3-7,12-14H,1-2,8-11H2,(H,24,27)(H,25,28)/p+1. The number of hydrogen-bond donors (Lipinski definition) is 3. The van der Waals surface area contributed by atoms with E-state index in [1.807, 2.05) is 30.3 Å². The zero-order valence-corrected chi connectivity index (χ0v) is 17.5. The Kier molecular flexibility index (Phi) is 6.23. The number of thioether (sulfide) groups is 1. The first-order valence-corrected chi connectivity index (χ1v) is 11.0. The molecule has 0 unspecified atom stereocenters. The Morgan fingerprint density at radius 2 is 2.03 bits per heavy atom. The van der Waals surface area contributed by atoms with E-state index in [1.54, 1.807) is 23.1 Å². The molecule has 0 aliphatic carbocycles. The molecule has 2 amide bonds. The van der Waals surface area contributed by atoms with Gasteiger partial charge in [0.25, 0.3) is 11.8 Å². The van der Waals surface area contributed by atoms with Crippen molar-refractivity contribution >= 4 is 46.9 Å². The van der Waals surface area contributed by atoms with Crippen molar-refractivity contribution < 1.29 is 14.5 Å². The molecule has 0 atom stereocenters. The third kappa shape index (κ3) is 5.01. The highest BCUT2D eigenvalue weighted by Gasteiger charge is 2.22. The Hall–Kier alpha value is -2.28. The topological polar surface area (TPSA) is 62.6 Å². The van der Waals surface area contributed by atoms with Gasteiger partial charge in [-0.15, -0.1) is 0 Å². The molecule has 2 aliphatic rings. The van der Waals surface area contributed by atoms with E-state index in [1.165, 1.54) is 37.7 Å². The molecule has 0 saturated carbocycles. The van der Waals surface area contributed by atoms with Gasteiger partial charge in [0.05, 0.1) is 36.8 Å². The zero-order chi connectivity index (χ0) is 20.2. The first kappa shape index (κ1) is 20.0. The van der Waals surface area contributed by atoms with E-state index >= 15 is 0 Å². The van der Waals surface area contributed by atoms with Crippen LogP contribution in [0.2, 0.25) is 5.02 Å². The van der Waals surface area contributed by atoms with Gasteiger partial charge in [0, 0.05) is 28.3 Å². The lowest BCUT2D eigenvalue weighted by Crippen LogP contribution is -3.10. The van der Waals surface area contributed by atoms with Crippen molar-refractivity contribution in [3.8, 4) is 0 Å². The number of benzene rings is 2. The molecule has 5 nitrogen and oxygen atoms in total. The summed E-state index contributed by atoms with van der Waals surface area (Å²) in [6.45, 7) is 4.02. The molecule has 1 fully saturated rings. The van der Waals surface area contributed by atoms with E-state index < -0.39 is 0 Å². The average Bonchev–Trinajstić information content (AvgIpc) is 3.22. The largest absolute Gasteiger partial charge is 0.346 e. The molecule has 29 heavy (non-hydrogen) atoms. The minimum absolute atomic E-state index is 0.106. The van der Waals surface area contributed by atoms with Gasteiger partial charge in [0.1, 0.15) is 0 Å². The maximum absolute atomic E-state index is 12.5. The second-order valence-corrected chi connectivity index (χ2v) is 8.81. The highest BCUT2D eigenvalue weighted by atomic mass is 35.5. The van der Waals surface area contributed by atoms with Crippen LogP contribution in [0.1, 0.15) is 28.8 Å². The number of likely N-dealkylation sites (tertiary alicyclic amines) is 1. The van der Waals surface area contributed by atoms with Crippen molar-refractivity contribution in [2.24, 2.45) is 0 Å². The van der Waals surface area contributed by atoms with Gasteiger partial charge >= 0.3 is 0 Å². The molecular formula is C22H23ClN3O2S+. The van der Waals surface area contributed by atoms with Crippen LogP contribution in [0.5, 0.6) is 0 Å². The summed E-state index contributed by atoms with van der Waals surface area (Å²) in [5.41, 5.74) is 2.10. The van der Waals surface area contributed by atoms with Crippen LogP contribution in [0, 0.1) is 0 Å². The number of carbonyl (C=O) groups is 2. The molecule has 3 N–H and O–H groups in total. The number of hydrogen-bond acceptors (Lipinski definition) is 3. The minimum atomic E-state index is -0.183. The molecule has 0 bridgehead atoms. The number of halogens is 1. The predicted octanol–water partition coefficient (Wildman–Crippen LogP) is 2.83. The van der Waals surface area contributed by atoms with Crippen molar-refractivity contribution in [2.75, 3.05) is 31.5 Å². The minimum Gasteiger partial charge on any atom is -0.346 e. The molecule has 0 aromatic heterocycles. The van der Waals surface area contributed by atoms with Crippen LogP contribution < -0.4 is 15.5 Å². The molecule has 2 heterocycles. The van der Waals surface area contributed by atoms with E-state index in [4.69, 9.17) is 11.6 Å². The third-order valence-corrected chi connectivity index (χ3v) is 6.49. The van der Waals surface area contributed by atoms with Gasteiger partial charge in [0.2, 0.25) is 0 Å². The molecule has 0 radical (unpaired) electrons. The number of quaternary nitrogens is 1. The van der Waals surface area contributed by atoms with Gasteiger partial charge in [-0.1, -0.05) is 35.5 Å². The summed E-state index contributed by atoms with van der Waals surface area (Å²) < 4.78 is 0. The Morgan fingerprint density at radius 1 is 1.21 bits per heavy atom. The SMILES string of the molecule is O=C1Nc2cc(C(=O)NCC[NH+]3CCCC3)ccc2SC1=Cc1cccc(Cl)c1. The summed E-state index contributed by atoms with van der Waals surface area (Å²) in [4.78, 5) is 28.0. The van der Waals surface area contributed by atoms with Crippen molar-refractivity contribution in [3.63, 3.8) is 0 Å². The Bertz CT molecular complexity index is 970. The van der Waals surface area contributed by atoms with Crippen molar-refractivity contribution in [1.29, 1.82) is 0 Å². The summed E-state index contributed by atoms with van der Waals surface area (Å²) in [7, 11) is 0. The quantitative estimate of drug-likeness (QED) is 0.642. The normalized spacial score (nSPS) is 17.8. The molecule has 2 aromatic rings. The van der Waals surface area contributed by atoms with E-state index in [0.717, 1.165) is 17.0 Å². The van der Waals surface area contributed by atoms with Crippen molar-refractivity contribution in [2.45, 2.75) is 17.7 Å². The molecule has 0 spiro atoms. The summed E-state index contributed by atoms with van der Waals surface area (Å²) in [6, 6.07) is 12.8. The molecule has 7 heteroatoms. The lowest BCUT2D eigenvalue weighted by molar-refractivity contribution is -0.886. The second kappa shape index (κ2) is 9.03. The lowest BCUT2D eigenvalue weighted by atomic mass is 10.1. The van der Waals surface area contributed by atoms with Gasteiger partial charge < -0.3 is 15.5 Å². The molecule has 2 aromatic carbocycles. The van der Waals surface area contributed by atoms with Crippen LogP contribution in [0.3, 0.4) is 0 Å². The van der Waals surface area contributed by atoms with Crippen LogP contribution in [0.25, 0.3) is 6.08 Å². The monoisotopic (exact) mass is 428 g/mol. The number of anilines is 1. The maximum Gasteiger partial charge on any atom is 0.262 e. The van der Waals surface area contributed by atoms with Gasteiger partial charge in [-0.3, -0.25) is 9.59 Å². The van der Waals surface area contributed by atoms with E-state index in [2.05, 4.69) is 10.6 Å². The summed E-state index contributed by atoms with van der Waals surface area (Å²) in [5, 5.41) is 6.51. The molecule has 1 saturated heterocycles. The van der Waals surface area contributed by atoms with Crippen molar-refractivity contribution in [1.82, 2.24) is 5.32 Å². The molecule has 4 rings (SSSR count). The number of rotatable bonds is 5. The van der Waals surface area contributed by atoms with Gasteiger partial charge in [-0.2, -0.15) is 0 Å². The third-order valence-electron chi connectivity index (χ3n) is 5.15. The Labute approximate surface area is 179 Å². The van der Waals surface area contributed by atoms with Crippen LogP contribution in [-0.4, -0.2) is 38.0 Å². The van der Waals surface area contributed by atoms with Gasteiger partial charge in [0.15, 0.2) is 0 Å². The van der Waals surface area contributed by atoms with Crippen LogP contribution in [-0.2, 0) is 4.79 Å². The second-order valence-electron chi connectivity index (χ2n) is 7.29. The van der Waals surface area contributed by atoms with Crippen LogP contribution in [0.15, 0.2) is 52.3 Å². The lowest BCUT2D eigenvalue weighted by Gasteiger charge is -2.19. The summed E-state index contributed by atoms with van der Waals surface area (Å²) in [6.07, 6.45) is 4.37. The Balaban J connectivity index is 1.42. The van der Waals surface area contributed by atoms with Crippen molar-refractivity contribution in [3.05, 3.63) is 63.5 Å². The predicted molar refractivity (Wildman–Crippen MR) is 117 cm³/mol. The van der Waals surface area contributed by atoms with E-state index in [9.17, 15) is 9.59 Å². The van der Waals surface area contributed by atoms with Gasteiger partial charge in [-0.25, -0.2) is 0 Å². The van der Waals surface area contributed by atoms with Crippen LogP contribution >= 0.6 is 23.4 Å². The van der Waals surface area contributed by atoms with Crippen LogP contribution in [0.4, 0.5) is 5.69 Å². The van der Waals surface area contributed by atoms with E-state index in [-0.39, 0.29) is 11.8 Å². The fourth-order valence-electron chi connectivity index (χ4n) is 3.63. The average molecular weight is 429 g/mol. The first-order chi connectivity index (χ1) is 14.1. The number of nitrogens with one attached hydrogen (secondary N) is 3. The zero-order valence-electron chi connectivity index (χ0n) is 16.0. The maximum atomic E-state index is 12.5. The molecular weight excluding hydrogens is 406 g/mol. The number of carbonyl (C=O) groups excluding carboxylic acids is 2. The summed E-state index contributed by atoms with van der Waals surface area (Å²) >= 11 is 7.42. The fraction of sp³-hybridized carbons (Fsp3) is 0.273. The first-order valence-electron chi connectivity index (χ1n) is 9.81. The number of amides is 2. The summed E-state index contributed by atoms with van der Waals surface area (Å²) in [5.74, 6) is -0.288. The highest BCUT2D eigenvalue weighted by molar-refractivity contribution is 8.04. The number of fused-ring (bicyclic) bond motifs is 1. The van der Waals surface area contributed by atoms with Gasteiger partial charge in [-0.05, 0) is 42.0 Å². The molecule has 2 aliphatic heterocycles. The molecule has 150 valence electrons. The highest BCUT2D eigenvalue weighted by Crippen LogP contribution is 2.39. The Morgan fingerprint density at radius 3 is 2.83 bits per heavy atom. The van der Waals surface area contributed by atoms with E-state index in [0.29, 0.717) is 27.7 Å². The fourth-order valence-corrected chi connectivity index (χ4v) is 4.76. The smallest absolute Gasteiger partial charge is 0.262 e.